The molecular formula is C17H34N2. The molecule has 1 aliphatic carbocycles. The van der Waals surface area contributed by atoms with E-state index in [1.165, 1.54) is 77.4 Å². The van der Waals surface area contributed by atoms with E-state index < -0.39 is 0 Å². The summed E-state index contributed by atoms with van der Waals surface area (Å²) in [7, 11) is 0. The molecule has 1 aliphatic heterocycles. The molecular weight excluding hydrogens is 232 g/mol. The summed E-state index contributed by atoms with van der Waals surface area (Å²) < 4.78 is 0. The lowest BCUT2D eigenvalue weighted by Crippen LogP contribution is -2.50. The fourth-order valence-electron chi connectivity index (χ4n) is 4.09. The number of rotatable bonds is 7. The third-order valence-corrected chi connectivity index (χ3v) is 5.28. The van der Waals surface area contributed by atoms with Gasteiger partial charge in [-0.3, -0.25) is 4.90 Å². The van der Waals surface area contributed by atoms with E-state index in [2.05, 4.69) is 24.1 Å². The molecule has 2 aliphatic rings. The Labute approximate surface area is 120 Å². The van der Waals surface area contributed by atoms with Gasteiger partial charge in [0.25, 0.3) is 0 Å². The van der Waals surface area contributed by atoms with Gasteiger partial charge in [0.05, 0.1) is 0 Å². The van der Waals surface area contributed by atoms with Crippen molar-refractivity contribution in [3.8, 4) is 0 Å². The minimum Gasteiger partial charge on any atom is -0.312 e. The van der Waals surface area contributed by atoms with E-state index in [9.17, 15) is 0 Å². The van der Waals surface area contributed by atoms with Crippen LogP contribution in [0, 0.1) is 5.92 Å². The Kier molecular flexibility index (Phi) is 6.66. The van der Waals surface area contributed by atoms with E-state index in [0.717, 1.165) is 18.0 Å². The van der Waals surface area contributed by atoms with Crippen LogP contribution in [0.5, 0.6) is 0 Å². The minimum absolute atomic E-state index is 0.759. The topological polar surface area (TPSA) is 15.3 Å². The quantitative estimate of drug-likeness (QED) is 0.754. The first-order valence-electron chi connectivity index (χ1n) is 8.82. The van der Waals surface area contributed by atoms with Crippen LogP contribution in [0.15, 0.2) is 0 Å². The van der Waals surface area contributed by atoms with Gasteiger partial charge in [0.1, 0.15) is 0 Å². The molecule has 1 heterocycles. The summed E-state index contributed by atoms with van der Waals surface area (Å²) in [6, 6.07) is 1.62. The maximum atomic E-state index is 3.86. The molecule has 2 unspecified atom stereocenters. The van der Waals surface area contributed by atoms with Gasteiger partial charge in [-0.05, 0) is 57.5 Å². The zero-order valence-corrected chi connectivity index (χ0v) is 13.2. The highest BCUT2D eigenvalue weighted by atomic mass is 15.2. The summed E-state index contributed by atoms with van der Waals surface area (Å²) in [4.78, 5) is 2.80. The maximum Gasteiger partial charge on any atom is 0.0223 e. The molecule has 1 N–H and O–H groups in total. The lowest BCUT2D eigenvalue weighted by atomic mass is 9.94. The Morgan fingerprint density at radius 1 is 1.05 bits per heavy atom. The van der Waals surface area contributed by atoms with Gasteiger partial charge in [-0.15, -0.1) is 0 Å². The van der Waals surface area contributed by atoms with Crippen LogP contribution < -0.4 is 5.32 Å². The van der Waals surface area contributed by atoms with Gasteiger partial charge in [-0.25, -0.2) is 0 Å². The summed E-state index contributed by atoms with van der Waals surface area (Å²) in [5.74, 6) is 0.950. The van der Waals surface area contributed by atoms with Crippen molar-refractivity contribution in [2.45, 2.75) is 83.7 Å². The first-order valence-corrected chi connectivity index (χ1v) is 8.82. The molecule has 2 fully saturated rings. The normalized spacial score (nSPS) is 27.8. The number of hydrogen-bond donors (Lipinski definition) is 1. The van der Waals surface area contributed by atoms with Crippen molar-refractivity contribution < 1.29 is 0 Å². The molecule has 0 aromatic carbocycles. The zero-order chi connectivity index (χ0) is 13.5. The van der Waals surface area contributed by atoms with E-state index in [-0.39, 0.29) is 0 Å². The monoisotopic (exact) mass is 266 g/mol. The second-order valence-electron chi connectivity index (χ2n) is 6.66. The summed E-state index contributed by atoms with van der Waals surface area (Å²) in [5.41, 5.74) is 0. The van der Waals surface area contributed by atoms with Gasteiger partial charge >= 0.3 is 0 Å². The van der Waals surface area contributed by atoms with E-state index in [1.54, 1.807) is 0 Å². The van der Waals surface area contributed by atoms with E-state index in [1.807, 2.05) is 0 Å². The molecule has 0 radical (unpaired) electrons. The number of piperidine rings is 1. The molecule has 0 bridgehead atoms. The number of nitrogens with one attached hydrogen (secondary N) is 1. The van der Waals surface area contributed by atoms with Gasteiger partial charge in [-0.1, -0.05) is 33.1 Å². The summed E-state index contributed by atoms with van der Waals surface area (Å²) in [6.45, 7) is 8.51. The molecule has 1 saturated carbocycles. The molecule has 112 valence electrons. The average Bonchev–Trinajstić information content (AvgIpc) is 2.98. The Balaban J connectivity index is 1.89. The lowest BCUT2D eigenvalue weighted by Gasteiger charge is -2.39. The molecule has 0 aromatic rings. The van der Waals surface area contributed by atoms with E-state index in [4.69, 9.17) is 0 Å². The predicted octanol–water partition coefficient (Wildman–Crippen LogP) is 3.81. The Bertz CT molecular complexity index is 235. The summed E-state index contributed by atoms with van der Waals surface area (Å²) >= 11 is 0. The van der Waals surface area contributed by atoms with Crippen molar-refractivity contribution in [1.29, 1.82) is 0 Å². The molecule has 1 saturated heterocycles. The summed E-state index contributed by atoms with van der Waals surface area (Å²) in [6.07, 6.45) is 12.8. The van der Waals surface area contributed by atoms with Crippen LogP contribution in [0.2, 0.25) is 0 Å². The highest BCUT2D eigenvalue weighted by molar-refractivity contribution is 4.86. The molecule has 0 spiro atoms. The van der Waals surface area contributed by atoms with E-state index >= 15 is 0 Å². The maximum absolute atomic E-state index is 3.86. The van der Waals surface area contributed by atoms with Crippen LogP contribution in [0.25, 0.3) is 0 Å². The second-order valence-corrected chi connectivity index (χ2v) is 6.66. The SMILES string of the molecule is CCCNC(CN1CCCCC1CC)C1CCCC1. The molecule has 2 rings (SSSR count). The third-order valence-electron chi connectivity index (χ3n) is 5.28. The number of hydrogen-bond acceptors (Lipinski definition) is 2. The molecule has 0 amide bonds. The van der Waals surface area contributed by atoms with Crippen LogP contribution in [0.3, 0.4) is 0 Å². The average molecular weight is 266 g/mol. The van der Waals surface area contributed by atoms with Crippen LogP contribution >= 0.6 is 0 Å². The Morgan fingerprint density at radius 2 is 1.79 bits per heavy atom. The zero-order valence-electron chi connectivity index (χ0n) is 13.2. The van der Waals surface area contributed by atoms with Gasteiger partial charge in [0, 0.05) is 18.6 Å². The van der Waals surface area contributed by atoms with Crippen LogP contribution in [-0.4, -0.2) is 36.6 Å². The molecule has 2 nitrogen and oxygen atoms in total. The van der Waals surface area contributed by atoms with Gasteiger partial charge in [0.15, 0.2) is 0 Å². The molecule has 19 heavy (non-hydrogen) atoms. The largest absolute Gasteiger partial charge is 0.312 e. The van der Waals surface area contributed by atoms with Crippen molar-refractivity contribution in [2.75, 3.05) is 19.6 Å². The first-order chi connectivity index (χ1) is 9.35. The molecule has 2 heteroatoms. The smallest absolute Gasteiger partial charge is 0.0223 e. The molecule has 0 aromatic heterocycles. The van der Waals surface area contributed by atoms with Crippen molar-refractivity contribution in [3.05, 3.63) is 0 Å². The van der Waals surface area contributed by atoms with Gasteiger partial charge < -0.3 is 5.32 Å². The predicted molar refractivity (Wildman–Crippen MR) is 83.5 cm³/mol. The summed E-state index contributed by atoms with van der Waals surface area (Å²) in [5, 5.41) is 3.86. The van der Waals surface area contributed by atoms with Crippen molar-refractivity contribution >= 4 is 0 Å². The van der Waals surface area contributed by atoms with Gasteiger partial charge in [0.2, 0.25) is 0 Å². The van der Waals surface area contributed by atoms with Crippen LogP contribution in [-0.2, 0) is 0 Å². The second kappa shape index (κ2) is 8.26. The lowest BCUT2D eigenvalue weighted by molar-refractivity contribution is 0.116. The number of nitrogens with zero attached hydrogens (tertiary/aromatic N) is 1. The highest BCUT2D eigenvalue weighted by Gasteiger charge is 2.29. The fourth-order valence-corrected chi connectivity index (χ4v) is 4.09. The Hall–Kier alpha value is -0.0800. The van der Waals surface area contributed by atoms with E-state index in [0.29, 0.717) is 0 Å². The van der Waals surface area contributed by atoms with Crippen LogP contribution in [0.4, 0.5) is 0 Å². The molecule has 2 atom stereocenters. The van der Waals surface area contributed by atoms with Crippen molar-refractivity contribution in [2.24, 2.45) is 5.92 Å². The standard InChI is InChI=1S/C17H34N2/c1-3-12-18-17(15-9-5-6-10-15)14-19-13-8-7-11-16(19)4-2/h15-18H,3-14H2,1-2H3. The van der Waals surface area contributed by atoms with Crippen molar-refractivity contribution in [1.82, 2.24) is 10.2 Å². The Morgan fingerprint density at radius 3 is 2.47 bits per heavy atom. The first kappa shape index (κ1) is 15.3. The minimum atomic E-state index is 0.759. The fraction of sp³-hybridized carbons (Fsp3) is 1.00. The van der Waals surface area contributed by atoms with Crippen molar-refractivity contribution in [3.63, 3.8) is 0 Å². The highest BCUT2D eigenvalue weighted by Crippen LogP contribution is 2.29. The third kappa shape index (κ3) is 4.46. The number of likely N-dealkylation sites (tertiary alicyclic amines) is 1. The van der Waals surface area contributed by atoms with Gasteiger partial charge in [-0.2, -0.15) is 0 Å². The van der Waals surface area contributed by atoms with Crippen LogP contribution in [0.1, 0.15) is 71.6 Å².